The molecule has 0 fully saturated rings. The summed E-state index contributed by atoms with van der Waals surface area (Å²) in [6.45, 7) is 7.90. The molecule has 0 amide bonds. The summed E-state index contributed by atoms with van der Waals surface area (Å²) >= 11 is 0. The van der Waals surface area contributed by atoms with Crippen LogP contribution in [0.15, 0.2) is 6.33 Å². The third-order valence-corrected chi connectivity index (χ3v) is 2.89. The van der Waals surface area contributed by atoms with E-state index in [1.807, 2.05) is 0 Å². The summed E-state index contributed by atoms with van der Waals surface area (Å²) in [5.41, 5.74) is 7.01. The highest BCUT2D eigenvalue weighted by Gasteiger charge is 2.17. The minimum Gasteiger partial charge on any atom is -0.383 e. The van der Waals surface area contributed by atoms with Gasteiger partial charge in [-0.1, -0.05) is 13.3 Å². The van der Waals surface area contributed by atoms with Crippen molar-refractivity contribution in [3.05, 3.63) is 11.9 Å². The van der Waals surface area contributed by atoms with Gasteiger partial charge in [-0.05, 0) is 20.3 Å². The Bertz CT molecular complexity index is 368. The van der Waals surface area contributed by atoms with Crippen LogP contribution in [0.2, 0.25) is 0 Å². The second-order valence-corrected chi connectivity index (χ2v) is 4.59. The van der Waals surface area contributed by atoms with E-state index in [1.54, 1.807) is 7.11 Å². The van der Waals surface area contributed by atoms with E-state index < -0.39 is 0 Å². The van der Waals surface area contributed by atoms with E-state index in [1.165, 1.54) is 6.33 Å². The lowest BCUT2D eigenvalue weighted by Gasteiger charge is -2.29. The highest BCUT2D eigenvalue weighted by Crippen LogP contribution is 2.24. The van der Waals surface area contributed by atoms with Crippen LogP contribution in [0.4, 0.5) is 11.6 Å². The minimum atomic E-state index is 0.352. The molecular weight excluding hydrogens is 228 g/mol. The van der Waals surface area contributed by atoms with Gasteiger partial charge in [-0.3, -0.25) is 0 Å². The summed E-state index contributed by atoms with van der Waals surface area (Å²) in [5, 5.41) is 0. The Morgan fingerprint density at radius 1 is 1.39 bits per heavy atom. The molecule has 5 heteroatoms. The van der Waals surface area contributed by atoms with Gasteiger partial charge in [-0.15, -0.1) is 0 Å². The van der Waals surface area contributed by atoms with Gasteiger partial charge in [0, 0.05) is 25.3 Å². The fourth-order valence-corrected chi connectivity index (χ4v) is 1.95. The molecule has 1 heterocycles. The molecule has 0 bridgehead atoms. The Morgan fingerprint density at radius 2 is 2.11 bits per heavy atom. The highest BCUT2D eigenvalue weighted by atomic mass is 16.5. The third-order valence-electron chi connectivity index (χ3n) is 2.89. The van der Waals surface area contributed by atoms with E-state index in [0.29, 0.717) is 18.5 Å². The third kappa shape index (κ3) is 3.57. The molecule has 0 saturated heterocycles. The molecule has 0 aliphatic heterocycles. The van der Waals surface area contributed by atoms with Crippen molar-refractivity contribution in [1.29, 1.82) is 0 Å². The standard InChI is InChI=1S/C13H24N4O/c1-5-6-11-12(14)15-9-16-13(11)17(10(2)3)7-8-18-4/h9-10H,5-8H2,1-4H3,(H2,14,15,16). The molecule has 5 nitrogen and oxygen atoms in total. The van der Waals surface area contributed by atoms with Crippen LogP contribution in [0.25, 0.3) is 0 Å². The number of hydrogen-bond donors (Lipinski definition) is 1. The van der Waals surface area contributed by atoms with Crippen molar-refractivity contribution in [2.24, 2.45) is 0 Å². The smallest absolute Gasteiger partial charge is 0.137 e. The first-order valence-corrected chi connectivity index (χ1v) is 6.46. The second kappa shape index (κ2) is 7.16. The predicted octanol–water partition coefficient (Wildman–Crippen LogP) is 1.87. The van der Waals surface area contributed by atoms with Crippen LogP contribution in [0.3, 0.4) is 0 Å². The largest absolute Gasteiger partial charge is 0.383 e. The summed E-state index contributed by atoms with van der Waals surface area (Å²) < 4.78 is 5.16. The number of anilines is 2. The molecule has 2 N–H and O–H groups in total. The monoisotopic (exact) mass is 252 g/mol. The van der Waals surface area contributed by atoms with Crippen molar-refractivity contribution in [2.45, 2.75) is 39.7 Å². The Labute approximate surface area is 109 Å². The van der Waals surface area contributed by atoms with Gasteiger partial charge in [0.2, 0.25) is 0 Å². The van der Waals surface area contributed by atoms with Crippen LogP contribution in [0, 0.1) is 0 Å². The molecule has 0 aromatic carbocycles. The van der Waals surface area contributed by atoms with Crippen molar-refractivity contribution in [2.75, 3.05) is 30.9 Å². The second-order valence-electron chi connectivity index (χ2n) is 4.59. The van der Waals surface area contributed by atoms with Crippen LogP contribution in [0.5, 0.6) is 0 Å². The molecule has 0 radical (unpaired) electrons. The van der Waals surface area contributed by atoms with Crippen LogP contribution in [-0.2, 0) is 11.2 Å². The molecule has 18 heavy (non-hydrogen) atoms. The van der Waals surface area contributed by atoms with Gasteiger partial charge < -0.3 is 15.4 Å². The van der Waals surface area contributed by atoms with E-state index in [9.17, 15) is 0 Å². The molecule has 1 rings (SSSR count). The van der Waals surface area contributed by atoms with Crippen molar-refractivity contribution >= 4 is 11.6 Å². The summed E-state index contributed by atoms with van der Waals surface area (Å²) in [4.78, 5) is 10.7. The molecule has 0 aliphatic rings. The van der Waals surface area contributed by atoms with Gasteiger partial charge >= 0.3 is 0 Å². The molecule has 102 valence electrons. The number of nitrogens with zero attached hydrogens (tertiary/aromatic N) is 3. The molecule has 0 spiro atoms. The number of methoxy groups -OCH3 is 1. The average molecular weight is 252 g/mol. The molecule has 0 saturated carbocycles. The Balaban J connectivity index is 3.06. The fraction of sp³-hybridized carbons (Fsp3) is 0.692. The van der Waals surface area contributed by atoms with Gasteiger partial charge in [0.1, 0.15) is 18.0 Å². The molecule has 1 aromatic heterocycles. The summed E-state index contributed by atoms with van der Waals surface area (Å²) in [6, 6.07) is 0.352. The fourth-order valence-electron chi connectivity index (χ4n) is 1.95. The van der Waals surface area contributed by atoms with E-state index in [0.717, 1.165) is 30.8 Å². The lowest BCUT2D eigenvalue weighted by molar-refractivity contribution is 0.203. The number of nitrogen functional groups attached to an aromatic ring is 1. The topological polar surface area (TPSA) is 64.3 Å². The summed E-state index contributed by atoms with van der Waals surface area (Å²) in [6.07, 6.45) is 3.46. The van der Waals surface area contributed by atoms with Gasteiger partial charge in [0.15, 0.2) is 0 Å². The lowest BCUT2D eigenvalue weighted by atomic mass is 10.1. The zero-order valence-electron chi connectivity index (χ0n) is 11.8. The van der Waals surface area contributed by atoms with Gasteiger partial charge in [0.05, 0.1) is 6.61 Å². The maximum Gasteiger partial charge on any atom is 0.137 e. The van der Waals surface area contributed by atoms with Crippen LogP contribution < -0.4 is 10.6 Å². The molecular formula is C13H24N4O. The zero-order valence-corrected chi connectivity index (χ0v) is 11.8. The maximum absolute atomic E-state index is 5.97. The minimum absolute atomic E-state index is 0.352. The maximum atomic E-state index is 5.97. The van der Waals surface area contributed by atoms with Crippen molar-refractivity contribution < 1.29 is 4.74 Å². The molecule has 0 atom stereocenters. The first kappa shape index (κ1) is 14.7. The molecule has 0 unspecified atom stereocenters. The van der Waals surface area contributed by atoms with Crippen LogP contribution in [0.1, 0.15) is 32.8 Å². The first-order valence-electron chi connectivity index (χ1n) is 6.46. The zero-order chi connectivity index (χ0) is 13.5. The SMILES string of the molecule is CCCc1c(N)ncnc1N(CCOC)C(C)C. The van der Waals surface area contributed by atoms with Crippen molar-refractivity contribution in [3.8, 4) is 0 Å². The number of aromatic nitrogens is 2. The number of nitrogens with two attached hydrogens (primary N) is 1. The van der Waals surface area contributed by atoms with E-state index in [-0.39, 0.29) is 0 Å². The van der Waals surface area contributed by atoms with Gasteiger partial charge in [-0.2, -0.15) is 0 Å². The number of rotatable bonds is 7. The Hall–Kier alpha value is -1.36. The van der Waals surface area contributed by atoms with Crippen molar-refractivity contribution in [3.63, 3.8) is 0 Å². The molecule has 0 aliphatic carbocycles. The first-order chi connectivity index (χ1) is 8.61. The molecule has 1 aromatic rings. The van der Waals surface area contributed by atoms with E-state index in [4.69, 9.17) is 10.5 Å². The van der Waals surface area contributed by atoms with Gasteiger partial charge in [0.25, 0.3) is 0 Å². The van der Waals surface area contributed by atoms with E-state index in [2.05, 4.69) is 35.6 Å². The predicted molar refractivity (Wildman–Crippen MR) is 74.8 cm³/mol. The average Bonchev–Trinajstić information content (AvgIpc) is 2.33. The number of ether oxygens (including phenoxy) is 1. The number of hydrogen-bond acceptors (Lipinski definition) is 5. The quantitative estimate of drug-likeness (QED) is 0.802. The van der Waals surface area contributed by atoms with E-state index >= 15 is 0 Å². The highest BCUT2D eigenvalue weighted by molar-refractivity contribution is 5.57. The van der Waals surface area contributed by atoms with Crippen molar-refractivity contribution in [1.82, 2.24) is 9.97 Å². The van der Waals surface area contributed by atoms with Gasteiger partial charge in [-0.25, -0.2) is 9.97 Å². The summed E-state index contributed by atoms with van der Waals surface area (Å²) in [5.74, 6) is 1.53. The Kier molecular flexibility index (Phi) is 5.85. The normalized spacial score (nSPS) is 10.9. The lowest BCUT2D eigenvalue weighted by Crippen LogP contribution is -2.35. The van der Waals surface area contributed by atoms with Crippen LogP contribution >= 0.6 is 0 Å². The summed E-state index contributed by atoms with van der Waals surface area (Å²) in [7, 11) is 1.71. The van der Waals surface area contributed by atoms with Crippen LogP contribution in [-0.4, -0.2) is 36.3 Å². The Morgan fingerprint density at radius 3 is 2.67 bits per heavy atom.